The Morgan fingerprint density at radius 1 is 0.926 bits per heavy atom. The summed E-state index contributed by atoms with van der Waals surface area (Å²) >= 11 is 0. The number of hydrogen-bond acceptors (Lipinski definition) is 6. The van der Waals surface area contributed by atoms with Crippen LogP contribution in [0.25, 0.3) is 0 Å². The van der Waals surface area contributed by atoms with E-state index >= 15 is 0 Å². The maximum absolute atomic E-state index is 12.8. The second kappa shape index (κ2) is 9.91. The van der Waals surface area contributed by atoms with Gasteiger partial charge in [0.15, 0.2) is 13.2 Å². The van der Waals surface area contributed by atoms with Crippen molar-refractivity contribution in [3.8, 4) is 5.75 Å². The van der Waals surface area contributed by atoms with Gasteiger partial charge in [-0.1, -0.05) is 0 Å². The van der Waals surface area contributed by atoms with Gasteiger partial charge in [0.25, 0.3) is 5.91 Å². The summed E-state index contributed by atoms with van der Waals surface area (Å²) in [5.74, 6) is -1.86. The van der Waals surface area contributed by atoms with Crippen LogP contribution in [0.2, 0.25) is 0 Å². The molecule has 1 amide bonds. The van der Waals surface area contributed by atoms with Crippen molar-refractivity contribution in [3.63, 3.8) is 0 Å². The lowest BCUT2D eigenvalue weighted by atomic mass is 10.2. The Hall–Kier alpha value is -3.42. The van der Waals surface area contributed by atoms with Gasteiger partial charge in [-0.2, -0.15) is 0 Å². The molecule has 0 saturated carbocycles. The van der Waals surface area contributed by atoms with Crippen LogP contribution in [-0.4, -0.2) is 37.7 Å². The number of carbonyl (C=O) groups excluding carboxylic acids is 3. The number of anilines is 1. The Labute approximate surface area is 155 Å². The Kier molecular flexibility index (Phi) is 7.30. The molecule has 2 aromatic carbocycles. The molecule has 2 rings (SSSR count). The van der Waals surface area contributed by atoms with E-state index in [0.29, 0.717) is 17.0 Å². The van der Waals surface area contributed by atoms with E-state index in [-0.39, 0.29) is 6.61 Å². The summed E-state index contributed by atoms with van der Waals surface area (Å²) < 4.78 is 27.5. The number of benzene rings is 2. The van der Waals surface area contributed by atoms with Gasteiger partial charge in [0.1, 0.15) is 11.6 Å². The fraction of sp³-hybridized carbons (Fsp3) is 0.211. The Morgan fingerprint density at radius 2 is 1.59 bits per heavy atom. The molecule has 0 bridgehead atoms. The van der Waals surface area contributed by atoms with Crippen LogP contribution < -0.4 is 10.1 Å². The minimum Gasteiger partial charge on any atom is -0.482 e. The van der Waals surface area contributed by atoms with Crippen LogP contribution in [0, 0.1) is 5.82 Å². The monoisotopic (exact) mass is 375 g/mol. The largest absolute Gasteiger partial charge is 0.482 e. The predicted octanol–water partition coefficient (Wildman–Crippen LogP) is 2.56. The zero-order valence-electron chi connectivity index (χ0n) is 14.6. The molecule has 142 valence electrons. The standard InChI is InChI=1S/C19H18FNO6/c1-2-25-19(24)13-3-7-15(8-4-13)21-17(22)11-27-18(23)12-26-16-9-5-14(20)6-10-16/h3-10H,2,11-12H2,1H3,(H,21,22). The van der Waals surface area contributed by atoms with E-state index in [2.05, 4.69) is 5.32 Å². The molecule has 8 heteroatoms. The Bertz CT molecular complexity index is 789. The van der Waals surface area contributed by atoms with Crippen molar-refractivity contribution in [1.82, 2.24) is 0 Å². The Morgan fingerprint density at radius 3 is 2.22 bits per heavy atom. The molecule has 2 aromatic rings. The van der Waals surface area contributed by atoms with E-state index in [0.717, 1.165) is 0 Å². The highest BCUT2D eigenvalue weighted by Gasteiger charge is 2.10. The number of hydrogen-bond donors (Lipinski definition) is 1. The van der Waals surface area contributed by atoms with Gasteiger partial charge in [-0.25, -0.2) is 14.0 Å². The van der Waals surface area contributed by atoms with Crippen molar-refractivity contribution in [1.29, 1.82) is 0 Å². The summed E-state index contributed by atoms with van der Waals surface area (Å²) in [6.45, 7) is 1.07. The average molecular weight is 375 g/mol. The third-order valence-electron chi connectivity index (χ3n) is 3.21. The van der Waals surface area contributed by atoms with Crippen LogP contribution in [-0.2, 0) is 19.1 Å². The maximum Gasteiger partial charge on any atom is 0.344 e. The molecule has 0 aliphatic heterocycles. The van der Waals surface area contributed by atoms with Crippen LogP contribution in [0.15, 0.2) is 48.5 Å². The van der Waals surface area contributed by atoms with Gasteiger partial charge in [0.05, 0.1) is 12.2 Å². The molecule has 0 aliphatic rings. The van der Waals surface area contributed by atoms with Crippen molar-refractivity contribution >= 4 is 23.5 Å². The molecule has 0 atom stereocenters. The van der Waals surface area contributed by atoms with Crippen LogP contribution in [0.1, 0.15) is 17.3 Å². The van der Waals surface area contributed by atoms with Crippen molar-refractivity contribution in [2.24, 2.45) is 0 Å². The molecule has 0 aromatic heterocycles. The number of amides is 1. The zero-order chi connectivity index (χ0) is 19.6. The zero-order valence-corrected chi connectivity index (χ0v) is 14.6. The van der Waals surface area contributed by atoms with Gasteiger partial charge in [-0.05, 0) is 55.5 Å². The first-order valence-electron chi connectivity index (χ1n) is 8.09. The summed E-state index contributed by atoms with van der Waals surface area (Å²) in [5.41, 5.74) is 0.797. The summed E-state index contributed by atoms with van der Waals surface area (Å²) in [4.78, 5) is 34.9. The summed E-state index contributed by atoms with van der Waals surface area (Å²) in [7, 11) is 0. The second-order valence-electron chi connectivity index (χ2n) is 5.25. The van der Waals surface area contributed by atoms with Gasteiger partial charge in [-0.3, -0.25) is 4.79 Å². The highest BCUT2D eigenvalue weighted by Crippen LogP contribution is 2.12. The lowest BCUT2D eigenvalue weighted by Gasteiger charge is -2.08. The molecule has 0 radical (unpaired) electrons. The van der Waals surface area contributed by atoms with Gasteiger partial charge in [-0.15, -0.1) is 0 Å². The van der Waals surface area contributed by atoms with Gasteiger partial charge in [0.2, 0.25) is 0 Å². The van der Waals surface area contributed by atoms with E-state index in [4.69, 9.17) is 14.2 Å². The Balaban J connectivity index is 1.72. The normalized spacial score (nSPS) is 10.0. The lowest BCUT2D eigenvalue weighted by Crippen LogP contribution is -2.23. The first-order valence-corrected chi connectivity index (χ1v) is 8.09. The smallest absolute Gasteiger partial charge is 0.344 e. The van der Waals surface area contributed by atoms with Crippen LogP contribution in [0.5, 0.6) is 5.75 Å². The van der Waals surface area contributed by atoms with Gasteiger partial charge in [0, 0.05) is 5.69 Å². The van der Waals surface area contributed by atoms with Gasteiger partial charge < -0.3 is 19.5 Å². The second-order valence-corrected chi connectivity index (χ2v) is 5.25. The minimum absolute atomic E-state index is 0.271. The maximum atomic E-state index is 12.8. The van der Waals surface area contributed by atoms with E-state index in [1.54, 1.807) is 6.92 Å². The molecule has 0 fully saturated rings. The highest BCUT2D eigenvalue weighted by atomic mass is 19.1. The SMILES string of the molecule is CCOC(=O)c1ccc(NC(=O)COC(=O)COc2ccc(F)cc2)cc1. The van der Waals surface area contributed by atoms with E-state index < -0.39 is 36.9 Å². The van der Waals surface area contributed by atoms with Crippen LogP contribution >= 0.6 is 0 Å². The molecule has 1 N–H and O–H groups in total. The van der Waals surface area contributed by atoms with E-state index in [9.17, 15) is 18.8 Å². The summed E-state index contributed by atoms with van der Waals surface area (Å²) in [6.07, 6.45) is 0. The van der Waals surface area contributed by atoms with Crippen molar-refractivity contribution in [3.05, 3.63) is 59.9 Å². The molecule has 0 heterocycles. The van der Waals surface area contributed by atoms with Gasteiger partial charge >= 0.3 is 11.9 Å². The third kappa shape index (κ3) is 6.77. The van der Waals surface area contributed by atoms with Crippen molar-refractivity contribution < 1.29 is 33.0 Å². The number of rotatable bonds is 8. The van der Waals surface area contributed by atoms with Crippen molar-refractivity contribution in [2.45, 2.75) is 6.92 Å². The number of carbonyl (C=O) groups is 3. The fourth-order valence-electron chi connectivity index (χ4n) is 1.96. The van der Waals surface area contributed by atoms with Crippen LogP contribution in [0.4, 0.5) is 10.1 Å². The third-order valence-corrected chi connectivity index (χ3v) is 3.21. The molecule has 0 saturated heterocycles. The molecule has 0 aliphatic carbocycles. The average Bonchev–Trinajstić information content (AvgIpc) is 2.66. The first-order chi connectivity index (χ1) is 13.0. The molecular weight excluding hydrogens is 357 g/mol. The number of esters is 2. The number of nitrogens with one attached hydrogen (secondary N) is 1. The van der Waals surface area contributed by atoms with Crippen molar-refractivity contribution in [2.75, 3.05) is 25.1 Å². The highest BCUT2D eigenvalue weighted by molar-refractivity contribution is 5.94. The van der Waals surface area contributed by atoms with E-state index in [1.165, 1.54) is 48.5 Å². The quantitative estimate of drug-likeness (QED) is 0.713. The topological polar surface area (TPSA) is 90.9 Å². The molecule has 7 nitrogen and oxygen atoms in total. The van der Waals surface area contributed by atoms with Crippen LogP contribution in [0.3, 0.4) is 0 Å². The number of halogens is 1. The predicted molar refractivity (Wildman–Crippen MR) is 93.9 cm³/mol. The number of ether oxygens (including phenoxy) is 3. The minimum atomic E-state index is -0.743. The fourth-order valence-corrected chi connectivity index (χ4v) is 1.96. The molecule has 0 spiro atoms. The summed E-state index contributed by atoms with van der Waals surface area (Å²) in [5, 5.41) is 2.52. The first kappa shape index (κ1) is 19.9. The lowest BCUT2D eigenvalue weighted by molar-refractivity contribution is -0.149. The molecule has 27 heavy (non-hydrogen) atoms. The molecular formula is C19H18FNO6. The van der Waals surface area contributed by atoms with E-state index in [1.807, 2.05) is 0 Å². The molecule has 0 unspecified atom stereocenters. The summed E-state index contributed by atoms with van der Waals surface area (Å²) in [6, 6.07) is 11.2.